The molecule has 9 nitrogen and oxygen atoms in total. The van der Waals surface area contributed by atoms with Crippen molar-refractivity contribution in [2.24, 2.45) is 0 Å². The molecule has 2 aromatic heterocycles. The molecule has 0 unspecified atom stereocenters. The zero-order chi connectivity index (χ0) is 27.3. The van der Waals surface area contributed by atoms with Gasteiger partial charge in [-0.05, 0) is 54.4 Å². The maximum Gasteiger partial charge on any atom is 0.573 e. The second-order valence-corrected chi connectivity index (χ2v) is 10.6. The third-order valence-corrected chi connectivity index (χ3v) is 6.21. The highest BCUT2D eigenvalue weighted by molar-refractivity contribution is 7.90. The van der Waals surface area contributed by atoms with Crippen LogP contribution in [0.4, 0.5) is 13.2 Å². The van der Waals surface area contributed by atoms with Crippen molar-refractivity contribution in [1.82, 2.24) is 14.7 Å². The summed E-state index contributed by atoms with van der Waals surface area (Å²) in [6.45, 7) is 0.461. The molecule has 0 spiro atoms. The largest absolute Gasteiger partial charge is 0.573 e. The average molecular weight is 550 g/mol. The fourth-order valence-corrected chi connectivity index (χ4v) is 4.13. The number of benzene rings is 2. The molecule has 200 valence electrons. The van der Waals surface area contributed by atoms with E-state index < -0.39 is 16.2 Å². The predicted molar refractivity (Wildman–Crippen MR) is 131 cm³/mol. The maximum absolute atomic E-state index is 12.5. The third kappa shape index (κ3) is 7.68. The van der Waals surface area contributed by atoms with Crippen molar-refractivity contribution in [2.45, 2.75) is 19.3 Å². The average Bonchev–Trinajstić information content (AvgIpc) is 3.33. The van der Waals surface area contributed by atoms with Gasteiger partial charge in [0.1, 0.15) is 21.3 Å². The lowest BCUT2D eigenvalue weighted by molar-refractivity contribution is -0.274. The van der Waals surface area contributed by atoms with E-state index in [0.29, 0.717) is 23.3 Å². The molecule has 0 fully saturated rings. The minimum absolute atomic E-state index is 0.0322. The minimum atomic E-state index is -4.80. The number of ether oxygens (including phenoxy) is 2. The molecule has 0 saturated heterocycles. The molecular formula is C25H22F3N3O6S. The molecule has 38 heavy (non-hydrogen) atoms. The Morgan fingerprint density at radius 3 is 2.45 bits per heavy atom. The van der Waals surface area contributed by atoms with Gasteiger partial charge in [0.05, 0.1) is 18.9 Å². The van der Waals surface area contributed by atoms with Crippen LogP contribution in [-0.4, -0.2) is 48.1 Å². The van der Waals surface area contributed by atoms with Crippen molar-refractivity contribution in [1.29, 1.82) is 0 Å². The molecule has 0 aliphatic heterocycles. The molecule has 4 aromatic rings. The summed E-state index contributed by atoms with van der Waals surface area (Å²) in [5.41, 5.74) is 1.39. The second-order valence-electron chi connectivity index (χ2n) is 8.36. The van der Waals surface area contributed by atoms with E-state index in [4.69, 9.17) is 9.26 Å². The van der Waals surface area contributed by atoms with E-state index in [1.165, 1.54) is 35.1 Å². The summed E-state index contributed by atoms with van der Waals surface area (Å²) in [5, 5.41) is 3.92. The molecule has 2 aromatic carbocycles. The van der Waals surface area contributed by atoms with Gasteiger partial charge in [-0.25, -0.2) is 8.42 Å². The number of halogens is 3. The normalized spacial score (nSPS) is 11.9. The number of pyridine rings is 1. The van der Waals surface area contributed by atoms with E-state index in [1.807, 2.05) is 6.07 Å². The van der Waals surface area contributed by atoms with Gasteiger partial charge in [-0.2, -0.15) is 4.98 Å². The van der Waals surface area contributed by atoms with E-state index in [-0.39, 0.29) is 41.9 Å². The standard InChI is InChI=1S/C25H22F3N3O6S/c1-38(33,34)13-3-12-35-21-5-2-4-17(14-21)15-31-16-19(8-11-22(31)32)23-29-24(37-30-23)18-6-9-20(10-7-18)36-25(26,27)28/h2,4-11,14,16H,3,12-13,15H2,1H3. The Morgan fingerprint density at radius 1 is 1.00 bits per heavy atom. The van der Waals surface area contributed by atoms with E-state index in [0.717, 1.165) is 17.7 Å². The van der Waals surface area contributed by atoms with Gasteiger partial charge in [-0.15, -0.1) is 13.2 Å². The van der Waals surface area contributed by atoms with Crippen LogP contribution in [0, 0.1) is 0 Å². The summed E-state index contributed by atoms with van der Waals surface area (Å²) in [7, 11) is -3.06. The molecule has 4 rings (SSSR count). The highest BCUT2D eigenvalue weighted by Crippen LogP contribution is 2.27. The zero-order valence-corrected chi connectivity index (χ0v) is 20.8. The van der Waals surface area contributed by atoms with Crippen LogP contribution in [0.2, 0.25) is 0 Å². The lowest BCUT2D eigenvalue weighted by Crippen LogP contribution is -2.19. The van der Waals surface area contributed by atoms with E-state index in [1.54, 1.807) is 24.4 Å². The maximum atomic E-state index is 12.5. The molecule has 0 aliphatic rings. The van der Waals surface area contributed by atoms with Gasteiger partial charge >= 0.3 is 6.36 Å². The quantitative estimate of drug-likeness (QED) is 0.269. The Bertz CT molecular complexity index is 1560. The lowest BCUT2D eigenvalue weighted by Gasteiger charge is -2.10. The Kier molecular flexibility index (Phi) is 7.86. The van der Waals surface area contributed by atoms with Crippen molar-refractivity contribution in [3.05, 3.63) is 82.8 Å². The number of hydrogen-bond donors (Lipinski definition) is 0. The molecule has 2 heterocycles. The Labute approximate surface area is 215 Å². The molecule has 0 atom stereocenters. The monoisotopic (exact) mass is 549 g/mol. The molecule has 0 N–H and O–H groups in total. The highest BCUT2D eigenvalue weighted by Gasteiger charge is 2.31. The summed E-state index contributed by atoms with van der Waals surface area (Å²) in [5.74, 6) is 0.472. The van der Waals surface area contributed by atoms with Crippen LogP contribution in [-0.2, 0) is 16.4 Å². The van der Waals surface area contributed by atoms with Crippen molar-refractivity contribution in [2.75, 3.05) is 18.6 Å². The van der Waals surface area contributed by atoms with Gasteiger partial charge in [-0.3, -0.25) is 4.79 Å². The molecule has 0 radical (unpaired) electrons. The first-order chi connectivity index (χ1) is 17.9. The van der Waals surface area contributed by atoms with Crippen LogP contribution < -0.4 is 15.0 Å². The van der Waals surface area contributed by atoms with Crippen molar-refractivity contribution in [3.63, 3.8) is 0 Å². The topological polar surface area (TPSA) is 114 Å². The Morgan fingerprint density at radius 2 is 1.74 bits per heavy atom. The van der Waals surface area contributed by atoms with Gasteiger partial charge in [-0.1, -0.05) is 17.3 Å². The number of nitrogens with zero attached hydrogens (tertiary/aromatic N) is 3. The highest BCUT2D eigenvalue weighted by atomic mass is 32.2. The SMILES string of the molecule is CS(=O)(=O)CCCOc1cccc(Cn2cc(-c3noc(-c4ccc(OC(F)(F)F)cc4)n3)ccc2=O)c1. The van der Waals surface area contributed by atoms with E-state index in [2.05, 4.69) is 14.9 Å². The second kappa shape index (κ2) is 11.1. The summed E-state index contributed by atoms with van der Waals surface area (Å²) in [6, 6.07) is 15.0. The van der Waals surface area contributed by atoms with Gasteiger partial charge < -0.3 is 18.6 Å². The number of sulfone groups is 1. The summed E-state index contributed by atoms with van der Waals surface area (Å²) >= 11 is 0. The zero-order valence-electron chi connectivity index (χ0n) is 20.0. The fourth-order valence-electron chi connectivity index (χ4n) is 3.49. The molecule has 0 saturated carbocycles. The first-order valence-electron chi connectivity index (χ1n) is 11.3. The molecule has 13 heteroatoms. The van der Waals surface area contributed by atoms with Crippen molar-refractivity contribution < 1.29 is 35.6 Å². The molecular weight excluding hydrogens is 527 g/mol. The molecule has 0 bridgehead atoms. The smallest absolute Gasteiger partial charge is 0.494 e. The summed E-state index contributed by atoms with van der Waals surface area (Å²) in [6.07, 6.45) is -1.69. The number of hydrogen-bond acceptors (Lipinski definition) is 8. The van der Waals surface area contributed by atoms with Crippen molar-refractivity contribution in [3.8, 4) is 34.3 Å². The van der Waals surface area contributed by atoms with Gasteiger partial charge in [0.2, 0.25) is 5.82 Å². The van der Waals surface area contributed by atoms with Crippen LogP contribution in [0.1, 0.15) is 12.0 Å². The van der Waals surface area contributed by atoms with E-state index in [9.17, 15) is 26.4 Å². The number of rotatable bonds is 10. The lowest BCUT2D eigenvalue weighted by atomic mass is 10.2. The summed E-state index contributed by atoms with van der Waals surface area (Å²) < 4.78 is 75.8. The van der Waals surface area contributed by atoms with Crippen LogP contribution in [0.5, 0.6) is 11.5 Å². The van der Waals surface area contributed by atoms with Crippen LogP contribution in [0.25, 0.3) is 22.8 Å². The Hall–Kier alpha value is -4.13. The number of aromatic nitrogens is 3. The third-order valence-electron chi connectivity index (χ3n) is 5.18. The summed E-state index contributed by atoms with van der Waals surface area (Å²) in [4.78, 5) is 16.8. The van der Waals surface area contributed by atoms with Gasteiger partial charge in [0, 0.05) is 29.6 Å². The fraction of sp³-hybridized carbons (Fsp3) is 0.240. The first kappa shape index (κ1) is 26.9. The van der Waals surface area contributed by atoms with Crippen LogP contribution in [0.15, 0.2) is 76.2 Å². The minimum Gasteiger partial charge on any atom is -0.494 e. The van der Waals surface area contributed by atoms with E-state index >= 15 is 0 Å². The Balaban J connectivity index is 1.46. The first-order valence-corrected chi connectivity index (χ1v) is 13.3. The van der Waals surface area contributed by atoms with Gasteiger partial charge in [0.15, 0.2) is 0 Å². The van der Waals surface area contributed by atoms with Crippen molar-refractivity contribution >= 4 is 9.84 Å². The molecule has 0 amide bonds. The van der Waals surface area contributed by atoms with Gasteiger partial charge in [0.25, 0.3) is 11.4 Å². The predicted octanol–water partition coefficient (Wildman–Crippen LogP) is 4.33. The molecule has 0 aliphatic carbocycles. The van der Waals surface area contributed by atoms with Crippen LogP contribution >= 0.6 is 0 Å². The van der Waals surface area contributed by atoms with Crippen LogP contribution in [0.3, 0.4) is 0 Å². The number of alkyl halides is 3.